The van der Waals surface area contributed by atoms with Gasteiger partial charge in [-0.2, -0.15) is 0 Å². The summed E-state index contributed by atoms with van der Waals surface area (Å²) in [5.41, 5.74) is 0. The largest absolute Gasteiger partial charge is 0.756 e. The standard InChI is InChI=1S/C48H80NO9P/c1-6-8-10-12-14-15-16-17-18-19-20-21-22-23-27-31-35-39-47(51)55-43-46(44-57-59(53,54)56-42-41-49(3,4)5)58-48(52)40-36-32-28-25-24-26-30-34-38-45(50)37-33-29-13-11-9-7-2/h14-15,17-18,20-21,23,25-30,33-34,38,45-46,50H,6-13,16,19,22,24,31-32,35-37,39-44H2,1-5H3/b15-14-,18-17-,21-20-,27-23-,28-25-,30-26-,33-29-,38-34+/t45-,46+/m0/s1. The van der Waals surface area contributed by atoms with E-state index in [2.05, 4.69) is 62.5 Å². The minimum Gasteiger partial charge on any atom is -0.756 e. The molecule has 0 aromatic carbocycles. The van der Waals surface area contributed by atoms with Crippen LogP contribution in [0.1, 0.15) is 136 Å². The number of phosphoric ester groups is 1. The number of hydrogen-bond donors (Lipinski definition) is 1. The molecule has 0 amide bonds. The summed E-state index contributed by atoms with van der Waals surface area (Å²) in [7, 11) is 1.05. The molecule has 1 unspecified atom stereocenters. The highest BCUT2D eigenvalue weighted by molar-refractivity contribution is 7.45. The number of hydrogen-bond acceptors (Lipinski definition) is 9. The Morgan fingerprint density at radius 2 is 1.12 bits per heavy atom. The summed E-state index contributed by atoms with van der Waals surface area (Å²) in [5.74, 6) is -1.02. The molecule has 0 aliphatic rings. The summed E-state index contributed by atoms with van der Waals surface area (Å²) in [5, 5.41) is 10.0. The number of nitrogens with zero attached hydrogens (tertiary/aromatic N) is 1. The van der Waals surface area contributed by atoms with E-state index in [1.54, 1.807) is 6.08 Å². The Hall–Kier alpha value is -3.11. The smallest absolute Gasteiger partial charge is 0.306 e. The van der Waals surface area contributed by atoms with Gasteiger partial charge >= 0.3 is 11.9 Å². The third-order valence-corrected chi connectivity index (χ3v) is 9.62. The number of likely N-dealkylation sites (N-methyl/N-ethyl adjacent to an activating group) is 1. The van der Waals surface area contributed by atoms with E-state index in [-0.39, 0.29) is 26.1 Å². The first-order valence-corrected chi connectivity index (χ1v) is 23.5. The van der Waals surface area contributed by atoms with E-state index in [9.17, 15) is 24.2 Å². The summed E-state index contributed by atoms with van der Waals surface area (Å²) in [4.78, 5) is 37.5. The van der Waals surface area contributed by atoms with Gasteiger partial charge in [-0.15, -0.1) is 0 Å². The third-order valence-electron chi connectivity index (χ3n) is 8.66. The number of quaternary nitrogens is 1. The molecule has 336 valence electrons. The maximum absolute atomic E-state index is 12.7. The number of aliphatic hydroxyl groups is 1. The molecule has 0 fully saturated rings. The minimum atomic E-state index is -4.67. The van der Waals surface area contributed by atoms with Crippen LogP contribution in [0.3, 0.4) is 0 Å². The van der Waals surface area contributed by atoms with Crippen LogP contribution in [0, 0.1) is 0 Å². The van der Waals surface area contributed by atoms with Crippen LogP contribution < -0.4 is 4.89 Å². The molecule has 10 nitrogen and oxygen atoms in total. The van der Waals surface area contributed by atoms with Crippen molar-refractivity contribution >= 4 is 19.8 Å². The molecule has 3 atom stereocenters. The summed E-state index contributed by atoms with van der Waals surface area (Å²) in [6.07, 6.45) is 47.6. The molecule has 0 aliphatic carbocycles. The Morgan fingerprint density at radius 3 is 1.66 bits per heavy atom. The molecule has 0 bridgehead atoms. The predicted molar refractivity (Wildman–Crippen MR) is 241 cm³/mol. The van der Waals surface area contributed by atoms with Gasteiger partial charge in [-0.25, -0.2) is 0 Å². The maximum Gasteiger partial charge on any atom is 0.306 e. The van der Waals surface area contributed by atoms with E-state index >= 15 is 0 Å². The second-order valence-corrected chi connectivity index (χ2v) is 17.0. The fraction of sp³-hybridized carbons (Fsp3) is 0.625. The molecule has 0 saturated heterocycles. The minimum absolute atomic E-state index is 0.0661. The van der Waals surface area contributed by atoms with Gasteiger partial charge in [0.05, 0.1) is 33.9 Å². The van der Waals surface area contributed by atoms with Crippen LogP contribution in [0.4, 0.5) is 0 Å². The first-order valence-electron chi connectivity index (χ1n) is 22.1. The molecule has 0 radical (unpaired) electrons. The van der Waals surface area contributed by atoms with E-state index < -0.39 is 38.6 Å². The van der Waals surface area contributed by atoms with Crippen LogP contribution in [-0.2, 0) is 32.7 Å². The number of phosphoric acid groups is 1. The lowest BCUT2D eigenvalue weighted by Gasteiger charge is -2.28. The van der Waals surface area contributed by atoms with Gasteiger partial charge in [-0.05, 0) is 83.5 Å². The number of rotatable bonds is 38. The van der Waals surface area contributed by atoms with Crippen molar-refractivity contribution < 1.29 is 47.2 Å². The van der Waals surface area contributed by atoms with Crippen molar-refractivity contribution in [1.82, 2.24) is 0 Å². The molecule has 11 heteroatoms. The van der Waals surface area contributed by atoms with E-state index in [1.807, 2.05) is 63.7 Å². The molecule has 0 aromatic heterocycles. The Balaban J connectivity index is 4.64. The van der Waals surface area contributed by atoms with Crippen molar-refractivity contribution in [2.75, 3.05) is 47.5 Å². The van der Waals surface area contributed by atoms with E-state index in [0.29, 0.717) is 49.6 Å². The van der Waals surface area contributed by atoms with Crippen LogP contribution in [0.15, 0.2) is 97.2 Å². The van der Waals surface area contributed by atoms with E-state index in [0.717, 1.165) is 32.1 Å². The van der Waals surface area contributed by atoms with E-state index in [4.69, 9.17) is 18.5 Å². The molecule has 0 heterocycles. The van der Waals surface area contributed by atoms with Gasteiger partial charge in [0, 0.05) is 12.8 Å². The maximum atomic E-state index is 12.7. The van der Waals surface area contributed by atoms with Crippen molar-refractivity contribution in [3.8, 4) is 0 Å². The van der Waals surface area contributed by atoms with Crippen LogP contribution in [0.2, 0.25) is 0 Å². The quantitative estimate of drug-likeness (QED) is 0.0161. The summed E-state index contributed by atoms with van der Waals surface area (Å²) >= 11 is 0. The number of aliphatic hydroxyl groups excluding tert-OH is 1. The van der Waals surface area contributed by atoms with Gasteiger partial charge in [0.2, 0.25) is 0 Å². The second-order valence-electron chi connectivity index (χ2n) is 15.5. The Morgan fingerprint density at radius 1 is 0.627 bits per heavy atom. The molecule has 59 heavy (non-hydrogen) atoms. The fourth-order valence-corrected chi connectivity index (χ4v) is 5.86. The number of carbonyl (C=O) groups is 2. The van der Waals surface area contributed by atoms with Crippen LogP contribution in [0.5, 0.6) is 0 Å². The van der Waals surface area contributed by atoms with Crippen molar-refractivity contribution in [2.45, 2.75) is 148 Å². The van der Waals surface area contributed by atoms with Crippen molar-refractivity contribution in [3.05, 3.63) is 97.2 Å². The number of allylic oxidation sites excluding steroid dienone is 14. The zero-order valence-corrected chi connectivity index (χ0v) is 38.2. The summed E-state index contributed by atoms with van der Waals surface area (Å²) < 4.78 is 33.7. The highest BCUT2D eigenvalue weighted by Crippen LogP contribution is 2.38. The normalized spacial score (nSPS) is 15.0. The first kappa shape index (κ1) is 55.9. The monoisotopic (exact) mass is 846 g/mol. The van der Waals surface area contributed by atoms with Gasteiger partial charge in [-0.1, -0.05) is 137 Å². The Labute approximate surface area is 358 Å². The van der Waals surface area contributed by atoms with Crippen molar-refractivity contribution in [1.29, 1.82) is 0 Å². The molecule has 1 N–H and O–H groups in total. The topological polar surface area (TPSA) is 131 Å². The van der Waals surface area contributed by atoms with Gasteiger partial charge in [0.25, 0.3) is 7.82 Å². The van der Waals surface area contributed by atoms with Crippen molar-refractivity contribution in [3.63, 3.8) is 0 Å². The lowest BCUT2D eigenvalue weighted by atomic mass is 10.1. The summed E-state index contributed by atoms with van der Waals surface area (Å²) in [6.45, 7) is 3.92. The van der Waals surface area contributed by atoms with Gasteiger partial charge in [0.15, 0.2) is 6.10 Å². The Bertz CT molecular complexity index is 1340. The molecular formula is C48H80NO9P. The number of esters is 2. The SMILES string of the molecule is CCCCC/C=C\C/C=C\C/C=C\C/C=C\CCCC(=O)OC[C@H](COP(=O)([O-])OCC[N+](C)(C)C)OC(=O)CCC/C=C\C/C=C\C=C\[C@@H](O)C/C=C\CCCCC. The van der Waals surface area contributed by atoms with E-state index in [1.165, 1.54) is 38.5 Å². The lowest BCUT2D eigenvalue weighted by molar-refractivity contribution is -0.870. The molecular weight excluding hydrogens is 765 g/mol. The molecule has 0 aliphatic heterocycles. The average molecular weight is 846 g/mol. The molecule has 0 spiro atoms. The molecule has 0 saturated carbocycles. The number of unbranched alkanes of at least 4 members (excludes halogenated alkanes) is 8. The average Bonchev–Trinajstić information content (AvgIpc) is 3.18. The van der Waals surface area contributed by atoms with Gasteiger partial charge in [-0.3, -0.25) is 14.2 Å². The Kier molecular flexibility index (Phi) is 37.0. The third kappa shape index (κ3) is 42.8. The molecule has 0 rings (SSSR count). The van der Waals surface area contributed by atoms with Gasteiger partial charge in [0.1, 0.15) is 19.8 Å². The van der Waals surface area contributed by atoms with Crippen LogP contribution in [0.25, 0.3) is 0 Å². The number of ether oxygens (including phenoxy) is 2. The lowest BCUT2D eigenvalue weighted by Crippen LogP contribution is -2.37. The van der Waals surface area contributed by atoms with Crippen molar-refractivity contribution in [2.24, 2.45) is 0 Å². The van der Waals surface area contributed by atoms with Crippen LogP contribution in [-0.4, -0.2) is 81.2 Å². The fourth-order valence-electron chi connectivity index (χ4n) is 5.13. The predicted octanol–water partition coefficient (Wildman–Crippen LogP) is 10.9. The zero-order chi connectivity index (χ0) is 43.7. The van der Waals surface area contributed by atoms with Gasteiger partial charge < -0.3 is 33.0 Å². The highest BCUT2D eigenvalue weighted by atomic mass is 31.2. The van der Waals surface area contributed by atoms with Crippen LogP contribution >= 0.6 is 7.82 Å². The second kappa shape index (κ2) is 39.1. The highest BCUT2D eigenvalue weighted by Gasteiger charge is 2.21. The first-order chi connectivity index (χ1) is 28.4. The molecule has 0 aromatic rings. The zero-order valence-electron chi connectivity index (χ0n) is 37.3. The summed E-state index contributed by atoms with van der Waals surface area (Å²) in [6, 6.07) is 0. The number of carbonyl (C=O) groups excluding carboxylic acids is 2.